The van der Waals surface area contributed by atoms with E-state index in [9.17, 15) is 0 Å². The summed E-state index contributed by atoms with van der Waals surface area (Å²) in [7, 11) is 0. The quantitative estimate of drug-likeness (QED) is 0.795. The highest BCUT2D eigenvalue weighted by atomic mass is 15.2. The molecule has 1 aliphatic rings. The van der Waals surface area contributed by atoms with Crippen LogP contribution >= 0.6 is 0 Å². The average molecular weight is 240 g/mol. The monoisotopic (exact) mass is 240 g/mol. The summed E-state index contributed by atoms with van der Waals surface area (Å²) in [6.07, 6.45) is 1.39. The molecule has 1 aliphatic heterocycles. The average Bonchev–Trinajstić information content (AvgIpc) is 2.64. The molecule has 0 spiro atoms. The van der Waals surface area contributed by atoms with E-state index < -0.39 is 0 Å². The van der Waals surface area contributed by atoms with Gasteiger partial charge in [0.05, 0.1) is 0 Å². The van der Waals surface area contributed by atoms with E-state index in [0.29, 0.717) is 11.5 Å². The molecular weight excluding hydrogens is 208 g/mol. The van der Waals surface area contributed by atoms with Crippen LogP contribution in [0.25, 0.3) is 0 Å². The highest BCUT2D eigenvalue weighted by Gasteiger charge is 2.30. The minimum absolute atomic E-state index is 0.353. The van der Waals surface area contributed by atoms with Crippen molar-refractivity contribution in [2.75, 3.05) is 26.2 Å². The normalized spacial score (nSPS) is 24.5. The minimum atomic E-state index is 0.353. The number of likely N-dealkylation sites (N-methyl/N-ethyl adjacent to an activating group) is 1. The van der Waals surface area contributed by atoms with Gasteiger partial charge in [-0.25, -0.2) is 0 Å². The zero-order valence-corrected chi connectivity index (χ0v) is 12.7. The van der Waals surface area contributed by atoms with Crippen LogP contribution in [-0.4, -0.2) is 37.1 Å². The number of nitrogens with zero attached hydrogens (tertiary/aromatic N) is 1. The molecule has 0 amide bonds. The molecule has 2 nitrogen and oxygen atoms in total. The van der Waals surface area contributed by atoms with Crippen LogP contribution in [-0.2, 0) is 0 Å². The van der Waals surface area contributed by atoms with Crippen LogP contribution in [0.4, 0.5) is 0 Å². The standard InChI is InChI=1S/C15H32N2/c1-7-16-14(15(4,5)6)11-17-9-8-13(10-17)12(2)3/h12-14,16H,7-11H2,1-6H3. The lowest BCUT2D eigenvalue weighted by Crippen LogP contribution is -2.48. The Bertz CT molecular complexity index is 217. The highest BCUT2D eigenvalue weighted by Crippen LogP contribution is 2.26. The summed E-state index contributed by atoms with van der Waals surface area (Å²) >= 11 is 0. The van der Waals surface area contributed by atoms with Crippen molar-refractivity contribution >= 4 is 0 Å². The van der Waals surface area contributed by atoms with Gasteiger partial charge in [0.25, 0.3) is 0 Å². The first-order chi connectivity index (χ1) is 7.84. The van der Waals surface area contributed by atoms with Crippen molar-refractivity contribution in [3.05, 3.63) is 0 Å². The maximum Gasteiger partial charge on any atom is 0.0243 e. The first-order valence-corrected chi connectivity index (χ1v) is 7.30. The summed E-state index contributed by atoms with van der Waals surface area (Å²) in [5, 5.41) is 3.65. The molecule has 0 aromatic carbocycles. The summed E-state index contributed by atoms with van der Waals surface area (Å²) in [5.74, 6) is 1.75. The number of nitrogens with one attached hydrogen (secondary N) is 1. The van der Waals surface area contributed by atoms with Crippen LogP contribution in [0.3, 0.4) is 0 Å². The zero-order chi connectivity index (χ0) is 13.1. The third-order valence-corrected chi connectivity index (χ3v) is 4.19. The zero-order valence-electron chi connectivity index (χ0n) is 12.7. The molecule has 0 bridgehead atoms. The van der Waals surface area contributed by atoms with E-state index in [2.05, 4.69) is 51.8 Å². The molecule has 0 saturated carbocycles. The Morgan fingerprint density at radius 2 is 1.94 bits per heavy atom. The van der Waals surface area contributed by atoms with Crippen LogP contribution in [0.15, 0.2) is 0 Å². The molecule has 1 N–H and O–H groups in total. The lowest BCUT2D eigenvalue weighted by Gasteiger charge is -2.34. The van der Waals surface area contributed by atoms with Crippen molar-refractivity contribution in [3.8, 4) is 0 Å². The fraction of sp³-hybridized carbons (Fsp3) is 1.00. The second-order valence-electron chi connectivity index (χ2n) is 7.03. The van der Waals surface area contributed by atoms with Crippen molar-refractivity contribution in [3.63, 3.8) is 0 Å². The van der Waals surface area contributed by atoms with Crippen molar-refractivity contribution in [1.29, 1.82) is 0 Å². The summed E-state index contributed by atoms with van der Waals surface area (Å²) in [4.78, 5) is 2.66. The lowest BCUT2D eigenvalue weighted by atomic mass is 9.86. The van der Waals surface area contributed by atoms with Gasteiger partial charge in [-0.15, -0.1) is 0 Å². The molecular formula is C15H32N2. The molecule has 0 aliphatic carbocycles. The number of rotatable bonds is 5. The molecule has 0 aromatic heterocycles. The molecule has 1 rings (SSSR count). The van der Waals surface area contributed by atoms with E-state index in [-0.39, 0.29) is 0 Å². The predicted molar refractivity (Wildman–Crippen MR) is 76.3 cm³/mol. The number of likely N-dealkylation sites (tertiary alicyclic amines) is 1. The van der Waals surface area contributed by atoms with Gasteiger partial charge in [-0.05, 0) is 36.8 Å². The molecule has 1 heterocycles. The Morgan fingerprint density at radius 3 is 2.35 bits per heavy atom. The van der Waals surface area contributed by atoms with Crippen LogP contribution < -0.4 is 5.32 Å². The maximum atomic E-state index is 3.65. The molecule has 102 valence electrons. The van der Waals surface area contributed by atoms with E-state index >= 15 is 0 Å². The van der Waals surface area contributed by atoms with Crippen LogP contribution in [0.5, 0.6) is 0 Å². The van der Waals surface area contributed by atoms with Gasteiger partial charge >= 0.3 is 0 Å². The van der Waals surface area contributed by atoms with E-state index in [1.807, 2.05) is 0 Å². The Kier molecular flexibility index (Phi) is 5.46. The molecule has 1 saturated heterocycles. The third-order valence-electron chi connectivity index (χ3n) is 4.19. The number of hydrogen-bond donors (Lipinski definition) is 1. The Balaban J connectivity index is 2.47. The van der Waals surface area contributed by atoms with Gasteiger partial charge in [0.1, 0.15) is 0 Å². The SMILES string of the molecule is CCNC(CN1CCC(C(C)C)C1)C(C)(C)C. The van der Waals surface area contributed by atoms with Crippen LogP contribution in [0.2, 0.25) is 0 Å². The largest absolute Gasteiger partial charge is 0.312 e. The molecule has 0 aromatic rings. The molecule has 17 heavy (non-hydrogen) atoms. The Hall–Kier alpha value is -0.0800. The van der Waals surface area contributed by atoms with Gasteiger partial charge in [-0.3, -0.25) is 0 Å². The van der Waals surface area contributed by atoms with Crippen molar-refractivity contribution in [2.24, 2.45) is 17.3 Å². The van der Waals surface area contributed by atoms with E-state index in [0.717, 1.165) is 18.4 Å². The lowest BCUT2D eigenvalue weighted by molar-refractivity contribution is 0.189. The van der Waals surface area contributed by atoms with E-state index in [1.165, 1.54) is 26.1 Å². The molecule has 2 heteroatoms. The molecule has 0 radical (unpaired) electrons. The number of hydrogen-bond acceptors (Lipinski definition) is 2. The van der Waals surface area contributed by atoms with Crippen LogP contribution in [0, 0.1) is 17.3 Å². The van der Waals surface area contributed by atoms with Gasteiger partial charge in [0.15, 0.2) is 0 Å². The van der Waals surface area contributed by atoms with Gasteiger partial charge < -0.3 is 10.2 Å². The highest BCUT2D eigenvalue weighted by molar-refractivity contribution is 4.86. The maximum absolute atomic E-state index is 3.65. The smallest absolute Gasteiger partial charge is 0.0243 e. The summed E-state index contributed by atoms with van der Waals surface area (Å²) in [5.41, 5.74) is 0.353. The molecule has 2 unspecified atom stereocenters. The minimum Gasteiger partial charge on any atom is -0.312 e. The summed E-state index contributed by atoms with van der Waals surface area (Å²) < 4.78 is 0. The van der Waals surface area contributed by atoms with Gasteiger partial charge in [-0.1, -0.05) is 41.5 Å². The van der Waals surface area contributed by atoms with E-state index in [4.69, 9.17) is 0 Å². The van der Waals surface area contributed by atoms with Crippen molar-refractivity contribution in [2.45, 2.75) is 54.0 Å². The second-order valence-corrected chi connectivity index (χ2v) is 7.03. The molecule has 2 atom stereocenters. The van der Waals surface area contributed by atoms with Gasteiger partial charge in [0.2, 0.25) is 0 Å². The topological polar surface area (TPSA) is 15.3 Å². The Labute approximate surface area is 108 Å². The fourth-order valence-electron chi connectivity index (χ4n) is 2.72. The van der Waals surface area contributed by atoms with Gasteiger partial charge in [-0.2, -0.15) is 0 Å². The first-order valence-electron chi connectivity index (χ1n) is 7.30. The Morgan fingerprint density at radius 1 is 1.29 bits per heavy atom. The fourth-order valence-corrected chi connectivity index (χ4v) is 2.72. The van der Waals surface area contributed by atoms with Gasteiger partial charge in [0, 0.05) is 19.1 Å². The van der Waals surface area contributed by atoms with Crippen molar-refractivity contribution in [1.82, 2.24) is 10.2 Å². The molecule has 1 fully saturated rings. The van der Waals surface area contributed by atoms with Crippen molar-refractivity contribution < 1.29 is 0 Å². The summed E-state index contributed by atoms with van der Waals surface area (Å²) in [6, 6.07) is 0.610. The first kappa shape index (κ1) is 15.0. The van der Waals surface area contributed by atoms with Crippen LogP contribution in [0.1, 0.15) is 48.0 Å². The van der Waals surface area contributed by atoms with E-state index in [1.54, 1.807) is 0 Å². The third kappa shape index (κ3) is 4.59. The summed E-state index contributed by atoms with van der Waals surface area (Å²) in [6.45, 7) is 18.8. The predicted octanol–water partition coefficient (Wildman–Crippen LogP) is 2.99. The second kappa shape index (κ2) is 6.19.